The summed E-state index contributed by atoms with van der Waals surface area (Å²) in [4.78, 5) is 0. The first-order chi connectivity index (χ1) is 12.3. The Morgan fingerprint density at radius 2 is 1.73 bits per heavy atom. The van der Waals surface area contributed by atoms with Crippen molar-refractivity contribution in [2.75, 3.05) is 12.0 Å². The average Bonchev–Trinajstić information content (AvgIpc) is 2.94. The largest absolute Gasteiger partial charge is 0.165 e. The Balaban J connectivity index is 1.71. The van der Waals surface area contributed by atoms with Gasteiger partial charge >= 0.3 is 0 Å². The molecule has 4 aliphatic rings. The molecule has 0 aromatic heterocycles. The summed E-state index contributed by atoms with van der Waals surface area (Å²) in [7, 11) is 0. The van der Waals surface area contributed by atoms with Crippen LogP contribution >= 0.6 is 11.8 Å². The average molecular weight is 375 g/mol. The summed E-state index contributed by atoms with van der Waals surface area (Å²) in [6.07, 6.45) is 16.7. The number of thioether (sulfide) groups is 1. The molecule has 0 spiro atoms. The van der Waals surface area contributed by atoms with Crippen molar-refractivity contribution in [3.8, 4) is 0 Å². The molecule has 0 aromatic rings. The van der Waals surface area contributed by atoms with Crippen LogP contribution in [0.15, 0.2) is 12.2 Å². The Morgan fingerprint density at radius 3 is 2.42 bits per heavy atom. The van der Waals surface area contributed by atoms with E-state index in [1.54, 1.807) is 5.57 Å². The third kappa shape index (κ3) is 2.34. The van der Waals surface area contributed by atoms with Crippen LogP contribution in [0.25, 0.3) is 0 Å². The minimum atomic E-state index is 0.550. The van der Waals surface area contributed by atoms with Crippen molar-refractivity contribution in [3.63, 3.8) is 0 Å². The summed E-state index contributed by atoms with van der Waals surface area (Å²) in [5, 5.41) is 0. The smallest absolute Gasteiger partial charge is 0.00366 e. The second-order valence-electron chi connectivity index (χ2n) is 11.4. The number of rotatable bonds is 3. The maximum absolute atomic E-state index is 4.44. The minimum Gasteiger partial charge on any atom is -0.165 e. The summed E-state index contributed by atoms with van der Waals surface area (Å²) >= 11 is 2.09. The van der Waals surface area contributed by atoms with Gasteiger partial charge in [0.05, 0.1) is 0 Å². The van der Waals surface area contributed by atoms with Crippen LogP contribution < -0.4 is 0 Å². The van der Waals surface area contributed by atoms with Crippen LogP contribution in [0.3, 0.4) is 0 Å². The molecule has 0 saturated heterocycles. The maximum Gasteiger partial charge on any atom is -0.00366 e. The molecule has 0 N–H and O–H groups in total. The molecule has 26 heavy (non-hydrogen) atoms. The molecule has 0 aliphatic heterocycles. The van der Waals surface area contributed by atoms with E-state index in [0.717, 1.165) is 17.8 Å². The van der Waals surface area contributed by atoms with E-state index in [0.29, 0.717) is 21.7 Å². The summed E-state index contributed by atoms with van der Waals surface area (Å²) in [6.45, 7) is 15.1. The number of hydrogen-bond acceptors (Lipinski definition) is 1. The van der Waals surface area contributed by atoms with Crippen LogP contribution in [0.5, 0.6) is 0 Å². The Hall–Kier alpha value is 0.0900. The van der Waals surface area contributed by atoms with E-state index in [4.69, 9.17) is 0 Å². The van der Waals surface area contributed by atoms with E-state index in [-0.39, 0.29) is 0 Å². The predicted octanol–water partition coefficient (Wildman–Crippen LogP) is 7.73. The van der Waals surface area contributed by atoms with Crippen LogP contribution in [-0.4, -0.2) is 12.0 Å². The second-order valence-corrected chi connectivity index (χ2v) is 12.3. The van der Waals surface area contributed by atoms with Gasteiger partial charge in [0.2, 0.25) is 0 Å². The molecule has 0 nitrogen and oxygen atoms in total. The summed E-state index contributed by atoms with van der Waals surface area (Å²) in [6, 6.07) is 0. The minimum absolute atomic E-state index is 0.550. The highest BCUT2D eigenvalue weighted by atomic mass is 32.2. The van der Waals surface area contributed by atoms with Gasteiger partial charge in [-0.1, -0.05) is 39.8 Å². The Bertz CT molecular complexity index is 581. The van der Waals surface area contributed by atoms with Crippen LogP contribution in [-0.2, 0) is 0 Å². The molecular formula is C25H42S. The third-order valence-corrected chi connectivity index (χ3v) is 11.6. The number of hydrogen-bond donors (Lipinski definition) is 0. The van der Waals surface area contributed by atoms with Crippen molar-refractivity contribution >= 4 is 11.8 Å². The van der Waals surface area contributed by atoms with Crippen molar-refractivity contribution in [1.82, 2.24) is 0 Å². The molecule has 0 radical (unpaired) electrons. The van der Waals surface area contributed by atoms with Crippen LogP contribution in [0.1, 0.15) is 91.9 Å². The van der Waals surface area contributed by atoms with Crippen molar-refractivity contribution in [1.29, 1.82) is 0 Å². The van der Waals surface area contributed by atoms with E-state index in [2.05, 4.69) is 52.3 Å². The normalized spacial score (nSPS) is 53.7. The van der Waals surface area contributed by atoms with E-state index in [1.165, 1.54) is 70.0 Å². The lowest BCUT2D eigenvalue weighted by Gasteiger charge is -2.69. The lowest BCUT2D eigenvalue weighted by Crippen LogP contribution is -2.62. The van der Waals surface area contributed by atoms with Crippen LogP contribution in [0.2, 0.25) is 0 Å². The molecule has 4 fully saturated rings. The molecule has 1 heteroatoms. The molecule has 7 unspecified atom stereocenters. The predicted molar refractivity (Wildman–Crippen MR) is 117 cm³/mol. The van der Waals surface area contributed by atoms with E-state index in [9.17, 15) is 0 Å². The molecule has 7 atom stereocenters. The zero-order chi connectivity index (χ0) is 18.8. The van der Waals surface area contributed by atoms with Gasteiger partial charge in [-0.2, -0.15) is 11.8 Å². The fraction of sp³-hybridized carbons (Fsp3) is 0.920. The molecule has 4 rings (SSSR count). The first kappa shape index (κ1) is 19.4. The lowest BCUT2D eigenvalue weighted by molar-refractivity contribution is -0.196. The molecule has 0 bridgehead atoms. The van der Waals surface area contributed by atoms with Gasteiger partial charge in [-0.25, -0.2) is 0 Å². The molecule has 0 heterocycles. The fourth-order valence-corrected chi connectivity index (χ4v) is 10.2. The Kier molecular flexibility index (Phi) is 4.70. The zero-order valence-corrected chi connectivity index (χ0v) is 18.9. The lowest BCUT2D eigenvalue weighted by atomic mass is 9.35. The zero-order valence-electron chi connectivity index (χ0n) is 18.1. The topological polar surface area (TPSA) is 0 Å². The van der Waals surface area contributed by atoms with Crippen molar-refractivity contribution in [2.45, 2.75) is 91.9 Å². The van der Waals surface area contributed by atoms with E-state index in [1.807, 2.05) is 0 Å². The van der Waals surface area contributed by atoms with Gasteiger partial charge in [0.15, 0.2) is 0 Å². The quantitative estimate of drug-likeness (QED) is 0.455. The van der Waals surface area contributed by atoms with Crippen LogP contribution in [0, 0.1) is 39.4 Å². The summed E-state index contributed by atoms with van der Waals surface area (Å²) < 4.78 is 0. The third-order valence-electron chi connectivity index (χ3n) is 10.8. The highest BCUT2D eigenvalue weighted by molar-refractivity contribution is 7.98. The molecular weight excluding hydrogens is 332 g/mol. The van der Waals surface area contributed by atoms with Gasteiger partial charge in [0, 0.05) is 0 Å². The molecule has 0 amide bonds. The van der Waals surface area contributed by atoms with Gasteiger partial charge in [-0.05, 0) is 116 Å². The first-order valence-electron chi connectivity index (χ1n) is 11.4. The van der Waals surface area contributed by atoms with Crippen molar-refractivity contribution < 1.29 is 0 Å². The highest BCUT2D eigenvalue weighted by Gasteiger charge is 2.67. The first-order valence-corrected chi connectivity index (χ1v) is 12.8. The maximum atomic E-state index is 4.44. The standard InChI is InChI=1S/C25H42S/c1-7-25-15-14-23(4)20-9-8-19(17-26-6)22(20,3)12-11-21(23)24(25,5)13-10-18(2)16-25/h19-21H,2,7-17H2,1,3-6H3. The molecule has 4 aliphatic carbocycles. The van der Waals surface area contributed by atoms with Gasteiger partial charge in [0.25, 0.3) is 0 Å². The van der Waals surface area contributed by atoms with Gasteiger partial charge in [0.1, 0.15) is 0 Å². The van der Waals surface area contributed by atoms with Crippen molar-refractivity contribution in [2.24, 2.45) is 39.4 Å². The van der Waals surface area contributed by atoms with Crippen molar-refractivity contribution in [3.05, 3.63) is 12.2 Å². The monoisotopic (exact) mass is 374 g/mol. The summed E-state index contributed by atoms with van der Waals surface area (Å²) in [5.41, 5.74) is 3.86. The summed E-state index contributed by atoms with van der Waals surface area (Å²) in [5.74, 6) is 4.28. The molecule has 148 valence electrons. The molecule has 4 saturated carbocycles. The Labute approximate surface area is 167 Å². The van der Waals surface area contributed by atoms with E-state index >= 15 is 0 Å². The highest BCUT2D eigenvalue weighted by Crippen LogP contribution is 2.75. The SMILES string of the molecule is C=C1CCC2(C)C3CCC4(C)C(CSC)CCC4C3(C)CCC2(CC)C1. The van der Waals surface area contributed by atoms with Gasteiger partial charge < -0.3 is 0 Å². The van der Waals surface area contributed by atoms with E-state index < -0.39 is 0 Å². The second kappa shape index (κ2) is 6.30. The van der Waals surface area contributed by atoms with Crippen LogP contribution in [0.4, 0.5) is 0 Å². The number of allylic oxidation sites excluding steroid dienone is 1. The fourth-order valence-electron chi connectivity index (χ4n) is 9.27. The van der Waals surface area contributed by atoms with Gasteiger partial charge in [-0.3, -0.25) is 0 Å². The Morgan fingerprint density at radius 1 is 0.962 bits per heavy atom. The number of fused-ring (bicyclic) bond motifs is 5. The molecule has 0 aromatic carbocycles. The van der Waals surface area contributed by atoms with Gasteiger partial charge in [-0.15, -0.1) is 0 Å².